The average Bonchev–Trinajstić information content (AvgIpc) is 2.82. The van der Waals surface area contributed by atoms with Crippen molar-refractivity contribution in [2.24, 2.45) is 11.3 Å². The van der Waals surface area contributed by atoms with Gasteiger partial charge in [-0.25, -0.2) is 4.79 Å². The number of aliphatic hydroxyl groups excluding tert-OH is 1. The Morgan fingerprint density at radius 1 is 1.17 bits per heavy atom. The second kappa shape index (κ2) is 12.2. The third kappa shape index (κ3) is 6.83. The van der Waals surface area contributed by atoms with E-state index in [1.54, 1.807) is 6.20 Å². The number of aliphatic hydroxyl groups is 1. The smallest absolute Gasteiger partial charge is 0.337 e. The van der Waals surface area contributed by atoms with Crippen LogP contribution in [-0.4, -0.2) is 45.8 Å². The van der Waals surface area contributed by atoms with Gasteiger partial charge in [0.15, 0.2) is 6.10 Å². The molecule has 0 bridgehead atoms. The number of carboxylic acid groups (broad SMARTS) is 1. The Bertz CT molecular complexity index is 1010. The van der Waals surface area contributed by atoms with Crippen molar-refractivity contribution in [2.45, 2.75) is 85.9 Å². The molecule has 198 valence electrons. The number of pyridine rings is 2. The van der Waals surface area contributed by atoms with Crippen molar-refractivity contribution >= 4 is 11.7 Å². The number of aliphatic carboxylic acids is 1. The quantitative estimate of drug-likeness (QED) is 0.362. The summed E-state index contributed by atoms with van der Waals surface area (Å²) in [7, 11) is 0. The molecule has 1 unspecified atom stereocenters. The van der Waals surface area contributed by atoms with Gasteiger partial charge in [-0.05, 0) is 50.0 Å². The molecule has 0 aliphatic carbocycles. The van der Waals surface area contributed by atoms with Gasteiger partial charge in [-0.15, -0.1) is 0 Å². The largest absolute Gasteiger partial charge is 0.479 e. The monoisotopic (exact) mass is 497 g/mol. The van der Waals surface area contributed by atoms with E-state index in [2.05, 4.69) is 49.5 Å². The van der Waals surface area contributed by atoms with E-state index in [1.165, 1.54) is 0 Å². The van der Waals surface area contributed by atoms with Gasteiger partial charge < -0.3 is 19.8 Å². The number of carbonyl (C=O) groups is 1. The summed E-state index contributed by atoms with van der Waals surface area (Å²) in [5.74, 6) is -0.641. The van der Waals surface area contributed by atoms with Gasteiger partial charge in [0.2, 0.25) is 0 Å². The van der Waals surface area contributed by atoms with Crippen molar-refractivity contribution in [2.75, 3.05) is 24.6 Å². The number of piperidine rings is 1. The second-order valence-corrected chi connectivity index (χ2v) is 11.2. The van der Waals surface area contributed by atoms with Crippen molar-refractivity contribution < 1.29 is 19.7 Å². The van der Waals surface area contributed by atoms with Crippen molar-refractivity contribution in [3.8, 4) is 11.1 Å². The summed E-state index contributed by atoms with van der Waals surface area (Å²) < 4.78 is 5.95. The van der Waals surface area contributed by atoms with E-state index in [0.29, 0.717) is 35.9 Å². The van der Waals surface area contributed by atoms with E-state index in [-0.39, 0.29) is 5.41 Å². The van der Waals surface area contributed by atoms with Crippen LogP contribution in [0, 0.1) is 18.3 Å². The molecule has 1 saturated heterocycles. The second-order valence-electron chi connectivity index (χ2n) is 11.2. The molecule has 3 rings (SSSR count). The molecule has 0 radical (unpaired) electrons. The molecule has 2 atom stereocenters. The highest BCUT2D eigenvalue weighted by Crippen LogP contribution is 2.42. The van der Waals surface area contributed by atoms with Gasteiger partial charge in [-0.3, -0.25) is 9.97 Å². The number of carboxylic acids is 1. The summed E-state index contributed by atoms with van der Waals surface area (Å²) in [6.07, 6.45) is 6.28. The maximum atomic E-state index is 12.4. The molecule has 0 spiro atoms. The minimum Gasteiger partial charge on any atom is -0.479 e. The first-order valence-corrected chi connectivity index (χ1v) is 13.3. The van der Waals surface area contributed by atoms with Crippen molar-refractivity contribution in [3.05, 3.63) is 41.5 Å². The number of hydrogen-bond donors (Lipinski definition) is 2. The van der Waals surface area contributed by atoms with E-state index in [0.717, 1.165) is 55.6 Å². The van der Waals surface area contributed by atoms with Crippen molar-refractivity contribution in [1.82, 2.24) is 9.97 Å². The Balaban J connectivity index is 2.10. The Kier molecular flexibility index (Phi) is 9.47. The molecule has 3 heterocycles. The SMILES string of the molecule is CCCCOC(C(=O)O)c1c(C)ncc(-c2ccc([C@@H](O)CC(C)C)nc2)c1N1CCC(C)(C)CC1. The molecule has 7 heteroatoms. The standard InChI is InChI=1S/C29H43N3O4/c1-7-8-15-36-27(28(34)35)25-20(4)30-18-22(26(25)32-13-11-29(5,6)12-14-32)21-9-10-23(31-17-21)24(33)16-19(2)3/h9-10,17-19,24,27,33H,7-8,11-16H2,1-6H3,(H,34,35)/t24-,27?/m0/s1. The summed E-state index contributed by atoms with van der Waals surface area (Å²) in [5, 5.41) is 20.7. The highest BCUT2D eigenvalue weighted by Gasteiger charge is 2.33. The van der Waals surface area contributed by atoms with E-state index >= 15 is 0 Å². The average molecular weight is 498 g/mol. The van der Waals surface area contributed by atoms with Gasteiger partial charge in [0.25, 0.3) is 0 Å². The topological polar surface area (TPSA) is 95.8 Å². The fraction of sp³-hybridized carbons (Fsp3) is 0.621. The summed E-state index contributed by atoms with van der Waals surface area (Å²) in [5.41, 5.74) is 4.75. The van der Waals surface area contributed by atoms with E-state index in [1.807, 2.05) is 25.3 Å². The Morgan fingerprint density at radius 2 is 1.86 bits per heavy atom. The molecular weight excluding hydrogens is 454 g/mol. The predicted molar refractivity (Wildman–Crippen MR) is 143 cm³/mol. The van der Waals surface area contributed by atoms with Crippen LogP contribution >= 0.6 is 0 Å². The zero-order chi connectivity index (χ0) is 26.5. The number of aromatic nitrogens is 2. The van der Waals surface area contributed by atoms with Crippen LogP contribution in [0.1, 0.15) is 95.9 Å². The lowest BCUT2D eigenvalue weighted by atomic mass is 9.82. The zero-order valence-corrected chi connectivity index (χ0v) is 22.8. The van der Waals surface area contributed by atoms with Gasteiger partial charge in [0, 0.05) is 54.5 Å². The highest BCUT2D eigenvalue weighted by atomic mass is 16.5. The molecule has 0 saturated carbocycles. The number of nitrogens with zero attached hydrogens (tertiary/aromatic N) is 3. The lowest BCUT2D eigenvalue weighted by molar-refractivity contribution is -0.151. The van der Waals surface area contributed by atoms with Crippen LogP contribution in [0.5, 0.6) is 0 Å². The maximum Gasteiger partial charge on any atom is 0.337 e. The summed E-state index contributed by atoms with van der Waals surface area (Å²) in [6, 6.07) is 3.81. The molecule has 1 aliphatic heterocycles. The molecule has 1 aliphatic rings. The van der Waals surface area contributed by atoms with Gasteiger partial charge in [-0.1, -0.05) is 47.1 Å². The van der Waals surface area contributed by atoms with Crippen LogP contribution in [0.2, 0.25) is 0 Å². The first-order chi connectivity index (χ1) is 17.0. The molecule has 0 aromatic carbocycles. The molecule has 36 heavy (non-hydrogen) atoms. The van der Waals surface area contributed by atoms with Gasteiger partial charge >= 0.3 is 5.97 Å². The minimum absolute atomic E-state index is 0.248. The first-order valence-electron chi connectivity index (χ1n) is 13.3. The van der Waals surface area contributed by atoms with Crippen molar-refractivity contribution in [3.63, 3.8) is 0 Å². The summed E-state index contributed by atoms with van der Waals surface area (Å²) in [4.78, 5) is 23.9. The lowest BCUT2D eigenvalue weighted by Gasteiger charge is -2.40. The van der Waals surface area contributed by atoms with Gasteiger partial charge in [-0.2, -0.15) is 0 Å². The van der Waals surface area contributed by atoms with Gasteiger partial charge in [0.05, 0.1) is 17.5 Å². The number of anilines is 1. The van der Waals surface area contributed by atoms with E-state index in [4.69, 9.17) is 4.74 Å². The Hall–Kier alpha value is -2.51. The molecule has 0 amide bonds. The van der Waals surface area contributed by atoms with Crippen LogP contribution in [0.3, 0.4) is 0 Å². The molecule has 7 nitrogen and oxygen atoms in total. The lowest BCUT2D eigenvalue weighted by Crippen LogP contribution is -2.39. The molecular formula is C29H43N3O4. The van der Waals surface area contributed by atoms with Crippen LogP contribution in [-0.2, 0) is 9.53 Å². The Labute approximate surface area is 215 Å². The number of unbranched alkanes of at least 4 members (excludes halogenated alkanes) is 1. The predicted octanol–water partition coefficient (Wildman–Crippen LogP) is 6.10. The van der Waals surface area contributed by atoms with Crippen LogP contribution in [0.25, 0.3) is 11.1 Å². The fourth-order valence-corrected chi connectivity index (χ4v) is 4.76. The summed E-state index contributed by atoms with van der Waals surface area (Å²) >= 11 is 0. The normalized spacial score (nSPS) is 17.3. The summed E-state index contributed by atoms with van der Waals surface area (Å²) in [6.45, 7) is 14.7. The number of rotatable bonds is 11. The fourth-order valence-electron chi connectivity index (χ4n) is 4.76. The Morgan fingerprint density at radius 3 is 2.42 bits per heavy atom. The van der Waals surface area contributed by atoms with Crippen LogP contribution < -0.4 is 4.90 Å². The van der Waals surface area contributed by atoms with E-state index < -0.39 is 18.2 Å². The highest BCUT2D eigenvalue weighted by molar-refractivity contribution is 5.86. The minimum atomic E-state index is -1.09. The molecule has 1 fully saturated rings. The number of hydrogen-bond acceptors (Lipinski definition) is 6. The van der Waals surface area contributed by atoms with Gasteiger partial charge in [0.1, 0.15) is 0 Å². The number of ether oxygens (including phenoxy) is 1. The molecule has 2 aromatic rings. The van der Waals surface area contributed by atoms with Crippen molar-refractivity contribution in [1.29, 1.82) is 0 Å². The van der Waals surface area contributed by atoms with Crippen LogP contribution in [0.15, 0.2) is 24.5 Å². The van der Waals surface area contributed by atoms with E-state index in [9.17, 15) is 15.0 Å². The third-order valence-electron chi connectivity index (χ3n) is 7.12. The zero-order valence-electron chi connectivity index (χ0n) is 22.8. The maximum absolute atomic E-state index is 12.4. The van der Waals surface area contributed by atoms with Crippen LogP contribution in [0.4, 0.5) is 5.69 Å². The molecule has 2 N–H and O–H groups in total. The number of aryl methyl sites for hydroxylation is 1. The molecule has 2 aromatic heterocycles. The third-order valence-corrected chi connectivity index (χ3v) is 7.12. The first kappa shape index (κ1) is 28.1.